The summed E-state index contributed by atoms with van der Waals surface area (Å²) in [5.41, 5.74) is 3.40. The zero-order chi connectivity index (χ0) is 23.5. The molecule has 7 nitrogen and oxygen atoms in total. The molecule has 176 valence electrons. The van der Waals surface area contributed by atoms with Crippen LogP contribution in [0.25, 0.3) is 11.3 Å². The van der Waals surface area contributed by atoms with Crippen molar-refractivity contribution in [3.05, 3.63) is 47.9 Å². The Bertz CT molecular complexity index is 959. The van der Waals surface area contributed by atoms with Crippen molar-refractivity contribution in [3.63, 3.8) is 0 Å². The van der Waals surface area contributed by atoms with E-state index in [1.807, 2.05) is 55.4 Å². The van der Waals surface area contributed by atoms with Crippen LogP contribution < -0.4 is 0 Å². The third-order valence-corrected chi connectivity index (χ3v) is 6.64. The Balaban J connectivity index is 1.38. The third-order valence-electron chi connectivity index (χ3n) is 6.64. The molecule has 0 spiro atoms. The number of nitrogens with zero attached hydrogens (tertiary/aromatic N) is 5. The highest BCUT2D eigenvalue weighted by molar-refractivity contribution is 5.94. The molecule has 33 heavy (non-hydrogen) atoms. The summed E-state index contributed by atoms with van der Waals surface area (Å²) >= 11 is 0. The first kappa shape index (κ1) is 23.4. The second-order valence-electron chi connectivity index (χ2n) is 9.78. The van der Waals surface area contributed by atoms with Gasteiger partial charge in [0.2, 0.25) is 5.91 Å². The number of benzene rings is 1. The van der Waals surface area contributed by atoms with Crippen LogP contribution in [-0.2, 0) is 11.3 Å². The van der Waals surface area contributed by atoms with Gasteiger partial charge < -0.3 is 9.80 Å². The van der Waals surface area contributed by atoms with Crippen molar-refractivity contribution in [2.24, 2.45) is 5.92 Å². The molecule has 1 aliphatic carbocycles. The van der Waals surface area contributed by atoms with Gasteiger partial charge in [0.15, 0.2) is 0 Å². The molecule has 0 unspecified atom stereocenters. The predicted molar refractivity (Wildman–Crippen MR) is 128 cm³/mol. The number of likely N-dealkylation sites (tertiary alicyclic amines) is 1. The topological polar surface area (TPSA) is 69.6 Å². The van der Waals surface area contributed by atoms with Crippen LogP contribution in [0.15, 0.2) is 36.7 Å². The summed E-state index contributed by atoms with van der Waals surface area (Å²) < 4.78 is 0. The summed E-state index contributed by atoms with van der Waals surface area (Å²) in [5.74, 6) is 0.328. The first-order valence-electron chi connectivity index (χ1n) is 12.0. The van der Waals surface area contributed by atoms with Crippen molar-refractivity contribution in [2.75, 3.05) is 27.2 Å². The Kier molecular flexibility index (Phi) is 7.08. The van der Waals surface area contributed by atoms with Gasteiger partial charge in [0, 0.05) is 62.9 Å². The van der Waals surface area contributed by atoms with E-state index in [1.165, 1.54) is 12.8 Å². The van der Waals surface area contributed by atoms with E-state index in [-0.39, 0.29) is 17.7 Å². The number of hydrogen-bond donors (Lipinski definition) is 0. The van der Waals surface area contributed by atoms with Gasteiger partial charge in [0.1, 0.15) is 0 Å². The molecule has 1 saturated heterocycles. The van der Waals surface area contributed by atoms with Gasteiger partial charge in [-0.25, -0.2) is 0 Å². The zero-order valence-corrected chi connectivity index (χ0v) is 20.2. The summed E-state index contributed by atoms with van der Waals surface area (Å²) in [5, 5.41) is 0. The van der Waals surface area contributed by atoms with Crippen molar-refractivity contribution in [2.45, 2.75) is 58.2 Å². The second kappa shape index (κ2) is 10.00. The third kappa shape index (κ3) is 5.58. The van der Waals surface area contributed by atoms with Gasteiger partial charge in [0.05, 0.1) is 23.8 Å². The van der Waals surface area contributed by atoms with Crippen LogP contribution in [0.2, 0.25) is 0 Å². The Morgan fingerprint density at radius 2 is 1.61 bits per heavy atom. The lowest BCUT2D eigenvalue weighted by atomic mass is 10.0. The molecule has 1 saturated carbocycles. The van der Waals surface area contributed by atoms with E-state index < -0.39 is 0 Å². The van der Waals surface area contributed by atoms with E-state index >= 15 is 0 Å². The smallest absolute Gasteiger partial charge is 0.253 e. The molecule has 0 atom stereocenters. The first-order chi connectivity index (χ1) is 15.8. The molecule has 0 N–H and O–H groups in total. The minimum absolute atomic E-state index is 0.0115. The minimum Gasteiger partial charge on any atom is -0.345 e. The summed E-state index contributed by atoms with van der Waals surface area (Å²) in [7, 11) is 3.50. The molecule has 2 aliphatic rings. The van der Waals surface area contributed by atoms with Gasteiger partial charge in [-0.1, -0.05) is 26.0 Å². The van der Waals surface area contributed by atoms with Gasteiger partial charge in [0.25, 0.3) is 5.91 Å². The number of piperidine rings is 1. The molecule has 0 radical (unpaired) electrons. The van der Waals surface area contributed by atoms with Crippen LogP contribution in [0.5, 0.6) is 0 Å². The van der Waals surface area contributed by atoms with Crippen LogP contribution in [-0.4, -0.2) is 75.8 Å². The van der Waals surface area contributed by atoms with E-state index in [9.17, 15) is 9.59 Å². The summed E-state index contributed by atoms with van der Waals surface area (Å²) in [6.07, 6.45) is 8.24. The van der Waals surface area contributed by atoms with Gasteiger partial charge >= 0.3 is 0 Å². The lowest BCUT2D eigenvalue weighted by molar-refractivity contribution is -0.136. The van der Waals surface area contributed by atoms with E-state index in [0.29, 0.717) is 17.6 Å². The van der Waals surface area contributed by atoms with Crippen LogP contribution in [0.1, 0.15) is 55.6 Å². The molecule has 1 aromatic carbocycles. The fourth-order valence-electron chi connectivity index (χ4n) is 4.56. The maximum absolute atomic E-state index is 12.3. The van der Waals surface area contributed by atoms with Crippen molar-refractivity contribution in [3.8, 4) is 11.3 Å². The number of rotatable bonds is 7. The van der Waals surface area contributed by atoms with Crippen LogP contribution >= 0.6 is 0 Å². The van der Waals surface area contributed by atoms with Gasteiger partial charge in [-0.2, -0.15) is 0 Å². The number of hydrogen-bond acceptors (Lipinski definition) is 5. The average Bonchev–Trinajstić information content (AvgIpc) is 3.67. The highest BCUT2D eigenvalue weighted by Gasteiger charge is 2.36. The quantitative estimate of drug-likeness (QED) is 0.648. The summed E-state index contributed by atoms with van der Waals surface area (Å²) in [4.78, 5) is 39.9. The second-order valence-corrected chi connectivity index (χ2v) is 9.78. The van der Waals surface area contributed by atoms with Crippen molar-refractivity contribution < 1.29 is 9.59 Å². The average molecular weight is 450 g/mol. The highest BCUT2D eigenvalue weighted by Crippen LogP contribution is 2.33. The molecule has 0 bridgehead atoms. The largest absolute Gasteiger partial charge is 0.345 e. The van der Waals surface area contributed by atoms with Crippen LogP contribution in [0.4, 0.5) is 0 Å². The highest BCUT2D eigenvalue weighted by atomic mass is 16.2. The van der Waals surface area contributed by atoms with E-state index in [0.717, 1.165) is 49.4 Å². The maximum atomic E-state index is 12.3. The van der Waals surface area contributed by atoms with E-state index in [1.54, 1.807) is 19.0 Å². The molecule has 7 heteroatoms. The first-order valence-corrected chi connectivity index (χ1v) is 12.0. The fourth-order valence-corrected chi connectivity index (χ4v) is 4.56. The summed E-state index contributed by atoms with van der Waals surface area (Å²) in [6.45, 7) is 6.45. The molecule has 2 fully saturated rings. The Morgan fingerprint density at radius 3 is 2.12 bits per heavy atom. The number of carbonyl (C=O) groups is 2. The lowest BCUT2D eigenvalue weighted by Crippen LogP contribution is -2.48. The Morgan fingerprint density at radius 1 is 0.970 bits per heavy atom. The van der Waals surface area contributed by atoms with Crippen LogP contribution in [0.3, 0.4) is 0 Å². The Labute approximate surface area is 196 Å². The van der Waals surface area contributed by atoms with E-state index in [4.69, 9.17) is 4.98 Å². The van der Waals surface area contributed by atoms with Crippen LogP contribution in [0, 0.1) is 5.92 Å². The van der Waals surface area contributed by atoms with Crippen molar-refractivity contribution >= 4 is 11.8 Å². The van der Waals surface area contributed by atoms with Gasteiger partial charge in [-0.15, -0.1) is 0 Å². The zero-order valence-electron chi connectivity index (χ0n) is 20.2. The molecular weight excluding hydrogens is 414 g/mol. The number of carbonyl (C=O) groups excluding carboxylic acids is 2. The molecule has 2 amide bonds. The molecule has 1 aliphatic heterocycles. The van der Waals surface area contributed by atoms with Crippen molar-refractivity contribution in [1.29, 1.82) is 0 Å². The standard InChI is InChI=1S/C26H35N5O2/c1-18(2)25(32)30-13-11-23(12-14-30)31(22-9-10-22)17-21-15-28-24(16-27-21)19-5-7-20(8-6-19)26(33)29(3)4/h5-8,15-16,18,22-23H,9-14,17H2,1-4H3. The number of amides is 2. The Hall–Kier alpha value is -2.80. The molecule has 2 aromatic rings. The minimum atomic E-state index is -0.0115. The lowest BCUT2D eigenvalue weighted by Gasteiger charge is -2.39. The molecular formula is C26H35N5O2. The monoisotopic (exact) mass is 449 g/mol. The normalized spacial score (nSPS) is 17.0. The van der Waals surface area contributed by atoms with Gasteiger partial charge in [-0.05, 0) is 37.8 Å². The van der Waals surface area contributed by atoms with Crippen molar-refractivity contribution in [1.82, 2.24) is 24.7 Å². The molecule has 1 aromatic heterocycles. The molecule has 4 rings (SSSR count). The summed E-state index contributed by atoms with van der Waals surface area (Å²) in [6, 6.07) is 8.63. The predicted octanol–water partition coefficient (Wildman–Crippen LogP) is 3.46. The van der Waals surface area contributed by atoms with E-state index in [2.05, 4.69) is 9.88 Å². The maximum Gasteiger partial charge on any atom is 0.253 e. The fraction of sp³-hybridized carbons (Fsp3) is 0.538. The molecule has 2 heterocycles. The SMILES string of the molecule is CC(C)C(=O)N1CCC(N(Cc2cnc(-c3ccc(C(=O)N(C)C)cc3)cn2)C2CC2)CC1. The van der Waals surface area contributed by atoms with Gasteiger partial charge in [-0.3, -0.25) is 24.5 Å². The number of aromatic nitrogens is 2.